The quantitative estimate of drug-likeness (QED) is 0.242. The molecule has 162 valence electrons. The highest BCUT2D eigenvalue weighted by atomic mass is 32.2. The van der Waals surface area contributed by atoms with Crippen molar-refractivity contribution in [1.29, 1.82) is 0 Å². The summed E-state index contributed by atoms with van der Waals surface area (Å²) >= 11 is 1.15. The number of aromatic nitrogens is 4. The minimum atomic E-state index is -0.447. The Labute approximate surface area is 191 Å². The van der Waals surface area contributed by atoms with Crippen molar-refractivity contribution in [2.45, 2.75) is 5.16 Å². The molecule has 0 atom stereocenters. The number of carbonyl (C=O) groups excluding carboxylic acids is 1. The number of carbonyl (C=O) groups is 1. The predicted octanol–water partition coefficient (Wildman–Crippen LogP) is 4.17. The van der Waals surface area contributed by atoms with Gasteiger partial charge in [-0.1, -0.05) is 60.3 Å². The van der Waals surface area contributed by atoms with Gasteiger partial charge in [0.15, 0.2) is 16.5 Å². The van der Waals surface area contributed by atoms with E-state index in [9.17, 15) is 14.0 Å². The van der Waals surface area contributed by atoms with Crippen LogP contribution in [0.25, 0.3) is 27.8 Å². The maximum atomic E-state index is 13.4. The van der Waals surface area contributed by atoms with Crippen molar-refractivity contribution in [2.24, 2.45) is 0 Å². The van der Waals surface area contributed by atoms with E-state index < -0.39 is 11.4 Å². The Hall–Kier alpha value is -4.11. The lowest BCUT2D eigenvalue weighted by Crippen LogP contribution is -2.19. The molecule has 1 N–H and O–H groups in total. The number of amides is 1. The molecule has 0 saturated carbocycles. The highest BCUT2D eigenvalue weighted by molar-refractivity contribution is 7.99. The maximum absolute atomic E-state index is 13.4. The SMILES string of the molecule is O=C(CSc1nc2ccccc2c2nc(=O)c(-c3ccccc3)nn12)Nc1cccc(F)c1. The zero-order valence-electron chi connectivity index (χ0n) is 17.1. The van der Waals surface area contributed by atoms with E-state index in [1.807, 2.05) is 42.5 Å². The van der Waals surface area contributed by atoms with Gasteiger partial charge in [-0.15, -0.1) is 0 Å². The summed E-state index contributed by atoms with van der Waals surface area (Å²) in [6, 6.07) is 22.0. The van der Waals surface area contributed by atoms with E-state index in [1.165, 1.54) is 22.7 Å². The zero-order valence-corrected chi connectivity index (χ0v) is 17.9. The van der Waals surface area contributed by atoms with E-state index in [2.05, 4.69) is 20.4 Å². The molecule has 0 bridgehead atoms. The van der Waals surface area contributed by atoms with Gasteiger partial charge >= 0.3 is 0 Å². The van der Waals surface area contributed by atoms with Gasteiger partial charge in [0.05, 0.1) is 11.3 Å². The number of halogens is 1. The predicted molar refractivity (Wildman–Crippen MR) is 126 cm³/mol. The van der Waals surface area contributed by atoms with Crippen LogP contribution in [0.2, 0.25) is 0 Å². The molecule has 2 aromatic heterocycles. The van der Waals surface area contributed by atoms with Crippen molar-refractivity contribution in [1.82, 2.24) is 19.6 Å². The second-order valence-corrected chi connectivity index (χ2v) is 8.07. The number of hydrogen-bond acceptors (Lipinski definition) is 6. The molecule has 5 rings (SSSR count). The van der Waals surface area contributed by atoms with Gasteiger partial charge in [0, 0.05) is 16.6 Å². The molecule has 9 heteroatoms. The summed E-state index contributed by atoms with van der Waals surface area (Å²) in [6.45, 7) is 0. The van der Waals surface area contributed by atoms with E-state index in [4.69, 9.17) is 0 Å². The molecule has 7 nitrogen and oxygen atoms in total. The number of para-hydroxylation sites is 1. The van der Waals surface area contributed by atoms with Gasteiger partial charge in [-0.2, -0.15) is 14.6 Å². The summed E-state index contributed by atoms with van der Waals surface area (Å²) in [7, 11) is 0. The number of nitrogens with zero attached hydrogens (tertiary/aromatic N) is 4. The highest BCUT2D eigenvalue weighted by Gasteiger charge is 2.16. The molecule has 0 aliphatic carbocycles. The van der Waals surface area contributed by atoms with Crippen LogP contribution >= 0.6 is 11.8 Å². The van der Waals surface area contributed by atoms with Crippen molar-refractivity contribution in [3.8, 4) is 11.3 Å². The molecule has 0 radical (unpaired) electrons. The standard InChI is InChI=1S/C24H16FN5O2S/c25-16-9-6-10-17(13-16)26-20(31)14-33-24-27-19-12-5-4-11-18(19)22-28-23(32)21(29-30(22)24)15-7-2-1-3-8-15/h1-13H,14H2,(H,26,31). The Balaban J connectivity index is 1.55. The molecule has 2 heterocycles. The summed E-state index contributed by atoms with van der Waals surface area (Å²) in [5.41, 5.74) is 1.74. The first kappa shape index (κ1) is 20.8. The van der Waals surface area contributed by atoms with E-state index in [1.54, 1.807) is 18.2 Å². The molecule has 0 unspecified atom stereocenters. The monoisotopic (exact) mass is 457 g/mol. The van der Waals surface area contributed by atoms with E-state index in [0.717, 1.165) is 11.8 Å². The number of fused-ring (bicyclic) bond motifs is 3. The van der Waals surface area contributed by atoms with Crippen LogP contribution in [0.15, 0.2) is 88.8 Å². The number of thioether (sulfide) groups is 1. The van der Waals surface area contributed by atoms with Gasteiger partial charge in [0.25, 0.3) is 5.56 Å². The molecule has 0 fully saturated rings. The summed E-state index contributed by atoms with van der Waals surface area (Å²) < 4.78 is 14.9. The fraction of sp³-hybridized carbons (Fsp3) is 0.0417. The number of benzene rings is 3. The second-order valence-electron chi connectivity index (χ2n) is 7.13. The fourth-order valence-corrected chi connectivity index (χ4v) is 4.11. The number of rotatable bonds is 5. The molecule has 3 aromatic carbocycles. The normalized spacial score (nSPS) is 11.1. The lowest BCUT2D eigenvalue weighted by molar-refractivity contribution is -0.113. The topological polar surface area (TPSA) is 89.2 Å². The Kier molecular flexibility index (Phi) is 5.54. The van der Waals surface area contributed by atoms with Gasteiger partial charge in [0.1, 0.15) is 5.82 Å². The maximum Gasteiger partial charge on any atom is 0.300 e. The van der Waals surface area contributed by atoms with E-state index in [-0.39, 0.29) is 17.4 Å². The first-order valence-corrected chi connectivity index (χ1v) is 11.0. The van der Waals surface area contributed by atoms with Crippen molar-refractivity contribution in [3.63, 3.8) is 0 Å². The van der Waals surface area contributed by atoms with Crippen LogP contribution in [0.5, 0.6) is 0 Å². The van der Waals surface area contributed by atoms with Crippen molar-refractivity contribution < 1.29 is 9.18 Å². The lowest BCUT2D eigenvalue weighted by Gasteiger charge is -2.11. The molecule has 0 saturated heterocycles. The van der Waals surface area contributed by atoms with E-state index in [0.29, 0.717) is 33.0 Å². The third kappa shape index (κ3) is 4.31. The molecular formula is C24H16FN5O2S. The Bertz CT molecular complexity index is 1560. The Morgan fingerprint density at radius 2 is 1.76 bits per heavy atom. The molecular weight excluding hydrogens is 441 g/mol. The third-order valence-corrected chi connectivity index (χ3v) is 5.77. The third-order valence-electron chi connectivity index (χ3n) is 4.84. The average Bonchev–Trinajstić information content (AvgIpc) is 2.83. The van der Waals surface area contributed by atoms with Gasteiger partial charge in [-0.3, -0.25) is 9.59 Å². The number of anilines is 1. The zero-order chi connectivity index (χ0) is 22.8. The summed E-state index contributed by atoms with van der Waals surface area (Å²) in [5, 5.41) is 8.29. The second kappa shape index (κ2) is 8.79. The highest BCUT2D eigenvalue weighted by Crippen LogP contribution is 2.24. The molecule has 5 aromatic rings. The minimum Gasteiger partial charge on any atom is -0.325 e. The Morgan fingerprint density at radius 1 is 0.970 bits per heavy atom. The Morgan fingerprint density at radius 3 is 2.58 bits per heavy atom. The van der Waals surface area contributed by atoms with Crippen LogP contribution in [0, 0.1) is 5.82 Å². The van der Waals surface area contributed by atoms with Crippen LogP contribution in [0.1, 0.15) is 0 Å². The summed E-state index contributed by atoms with van der Waals surface area (Å²) in [5.74, 6) is -0.757. The van der Waals surface area contributed by atoms with E-state index >= 15 is 0 Å². The molecule has 33 heavy (non-hydrogen) atoms. The van der Waals surface area contributed by atoms with Gasteiger partial charge in [0.2, 0.25) is 5.91 Å². The van der Waals surface area contributed by atoms with Crippen LogP contribution in [0.4, 0.5) is 10.1 Å². The lowest BCUT2D eigenvalue weighted by atomic mass is 10.2. The smallest absolute Gasteiger partial charge is 0.300 e. The average molecular weight is 457 g/mol. The van der Waals surface area contributed by atoms with Crippen LogP contribution in [0.3, 0.4) is 0 Å². The van der Waals surface area contributed by atoms with Crippen LogP contribution in [-0.4, -0.2) is 31.2 Å². The first-order chi connectivity index (χ1) is 16.1. The van der Waals surface area contributed by atoms with Crippen molar-refractivity contribution in [3.05, 3.63) is 95.0 Å². The number of hydrogen-bond donors (Lipinski definition) is 1. The van der Waals surface area contributed by atoms with Gasteiger partial charge < -0.3 is 5.32 Å². The van der Waals surface area contributed by atoms with Crippen molar-refractivity contribution >= 4 is 39.9 Å². The first-order valence-electron chi connectivity index (χ1n) is 10.0. The van der Waals surface area contributed by atoms with Crippen molar-refractivity contribution in [2.75, 3.05) is 11.1 Å². The van der Waals surface area contributed by atoms with Crippen LogP contribution in [-0.2, 0) is 4.79 Å². The fourth-order valence-electron chi connectivity index (χ4n) is 3.37. The van der Waals surface area contributed by atoms with Gasteiger partial charge in [-0.25, -0.2) is 9.37 Å². The number of nitrogens with one attached hydrogen (secondary N) is 1. The largest absolute Gasteiger partial charge is 0.325 e. The summed E-state index contributed by atoms with van der Waals surface area (Å²) in [6.07, 6.45) is 0. The molecule has 0 aliphatic rings. The molecule has 1 amide bonds. The van der Waals surface area contributed by atoms with Crippen LogP contribution < -0.4 is 10.9 Å². The molecule has 0 spiro atoms. The summed E-state index contributed by atoms with van der Waals surface area (Å²) in [4.78, 5) is 34.2. The molecule has 0 aliphatic heterocycles. The minimum absolute atomic E-state index is 0.00539. The van der Waals surface area contributed by atoms with Gasteiger partial charge in [-0.05, 0) is 30.3 Å².